The van der Waals surface area contributed by atoms with Crippen molar-refractivity contribution in [3.05, 3.63) is 10.4 Å². The van der Waals surface area contributed by atoms with Crippen molar-refractivity contribution in [1.82, 2.24) is 15.7 Å². The maximum absolute atomic E-state index is 12.3. The lowest BCUT2D eigenvalue weighted by Crippen LogP contribution is -2.42. The molecule has 14 nitrogen and oxygen atoms in total. The van der Waals surface area contributed by atoms with Crippen LogP contribution in [0.3, 0.4) is 0 Å². The number of unbranched alkanes of at least 4 members (excludes halogenated alkanes) is 4. The third-order valence-electron chi connectivity index (χ3n) is 5.63. The summed E-state index contributed by atoms with van der Waals surface area (Å²) < 4.78 is 5.15. The van der Waals surface area contributed by atoms with Gasteiger partial charge in [-0.3, -0.25) is 24.0 Å². The summed E-state index contributed by atoms with van der Waals surface area (Å²) in [6, 6.07) is -0.970. The van der Waals surface area contributed by atoms with E-state index in [-0.39, 0.29) is 44.6 Å². The fourth-order valence-corrected chi connectivity index (χ4v) is 4.81. The molecule has 0 aromatic rings. The van der Waals surface area contributed by atoms with Crippen molar-refractivity contribution < 1.29 is 38.3 Å². The molecular weight excluding hydrogens is 600 g/mol. The van der Waals surface area contributed by atoms with Gasteiger partial charge in [-0.1, -0.05) is 66.7 Å². The molecule has 1 saturated heterocycles. The van der Waals surface area contributed by atoms with Gasteiger partial charge in [0, 0.05) is 55.2 Å². The standard InChI is InChI=1S/C23H36N6O8.C4H10S2/c1-2-3-6-13-25-18(30)9-12-22(34)36-16-17(27-19(31)8-5-4-7-14-26-28-24)15-23(35)37-29-20(32)10-11-21(29)33;1-3-5-6-4-2/h17H,2-16H2,1H3,(H,25,30)(H,27,31);3-4H2,1-2H3/t17-;/m0./s1. The first-order chi connectivity index (χ1) is 20.7. The average molecular weight is 647 g/mol. The molecule has 43 heavy (non-hydrogen) atoms. The highest BCUT2D eigenvalue weighted by Gasteiger charge is 2.33. The van der Waals surface area contributed by atoms with E-state index in [1.165, 1.54) is 11.5 Å². The number of hydrogen-bond donors (Lipinski definition) is 2. The van der Waals surface area contributed by atoms with Crippen molar-refractivity contribution >= 4 is 57.2 Å². The summed E-state index contributed by atoms with van der Waals surface area (Å²) in [5, 5.41) is 9.12. The molecule has 0 aliphatic carbocycles. The predicted octanol–water partition coefficient (Wildman–Crippen LogP) is 4.38. The van der Waals surface area contributed by atoms with Gasteiger partial charge in [-0.25, -0.2) is 4.79 Å². The van der Waals surface area contributed by atoms with Gasteiger partial charge < -0.3 is 20.2 Å². The normalized spacial score (nSPS) is 12.9. The number of esters is 1. The van der Waals surface area contributed by atoms with Crippen LogP contribution < -0.4 is 10.6 Å². The highest BCUT2D eigenvalue weighted by atomic mass is 33.1. The van der Waals surface area contributed by atoms with Crippen LogP contribution in [0.15, 0.2) is 5.11 Å². The van der Waals surface area contributed by atoms with Crippen molar-refractivity contribution in [2.45, 2.75) is 104 Å². The highest BCUT2D eigenvalue weighted by molar-refractivity contribution is 8.76. The topological polar surface area (TPSA) is 197 Å². The molecule has 2 N–H and O–H groups in total. The molecule has 244 valence electrons. The van der Waals surface area contributed by atoms with Gasteiger partial charge in [-0.05, 0) is 24.8 Å². The van der Waals surface area contributed by atoms with E-state index in [1.54, 1.807) is 0 Å². The number of carbonyl (C=O) groups is 6. The number of hydrogen-bond acceptors (Lipinski definition) is 11. The number of ether oxygens (including phenoxy) is 1. The summed E-state index contributed by atoms with van der Waals surface area (Å²) in [4.78, 5) is 79.4. The van der Waals surface area contributed by atoms with Crippen molar-refractivity contribution in [2.75, 3.05) is 31.2 Å². The highest BCUT2D eigenvalue weighted by Crippen LogP contribution is 2.18. The lowest BCUT2D eigenvalue weighted by atomic mass is 10.1. The molecule has 1 heterocycles. The molecule has 0 unspecified atom stereocenters. The zero-order valence-corrected chi connectivity index (χ0v) is 27.1. The molecule has 0 spiro atoms. The number of azide groups is 1. The van der Waals surface area contributed by atoms with Crippen LogP contribution in [0.4, 0.5) is 0 Å². The van der Waals surface area contributed by atoms with Crippen LogP contribution in [0.25, 0.3) is 10.4 Å². The fourth-order valence-electron chi connectivity index (χ4n) is 3.48. The maximum atomic E-state index is 12.3. The maximum Gasteiger partial charge on any atom is 0.335 e. The number of imide groups is 1. The third-order valence-corrected chi connectivity index (χ3v) is 8.18. The lowest BCUT2D eigenvalue weighted by Gasteiger charge is -2.19. The molecule has 1 atom stereocenters. The Morgan fingerprint density at radius 2 is 1.58 bits per heavy atom. The molecule has 1 aliphatic rings. The van der Waals surface area contributed by atoms with E-state index in [4.69, 9.17) is 15.1 Å². The molecule has 1 fully saturated rings. The third kappa shape index (κ3) is 22.3. The second-order valence-electron chi connectivity index (χ2n) is 9.33. The summed E-state index contributed by atoms with van der Waals surface area (Å²) in [5.41, 5.74) is 8.26. The Kier molecular flexibility index (Phi) is 24.8. The smallest absolute Gasteiger partial charge is 0.335 e. The van der Waals surface area contributed by atoms with Gasteiger partial charge in [-0.15, -0.1) is 5.06 Å². The molecule has 16 heteroatoms. The minimum Gasteiger partial charge on any atom is -0.463 e. The minimum absolute atomic E-state index is 0.0565. The fraction of sp³-hybridized carbons (Fsp3) is 0.778. The number of nitrogens with zero attached hydrogens (tertiary/aromatic N) is 4. The van der Waals surface area contributed by atoms with E-state index in [1.807, 2.05) is 28.5 Å². The van der Waals surface area contributed by atoms with Gasteiger partial charge in [0.25, 0.3) is 11.8 Å². The summed E-state index contributed by atoms with van der Waals surface area (Å²) in [6.07, 6.45) is 3.96. The van der Waals surface area contributed by atoms with Crippen LogP contribution in [0.1, 0.15) is 97.8 Å². The summed E-state index contributed by atoms with van der Waals surface area (Å²) in [5.74, 6) is -1.13. The summed E-state index contributed by atoms with van der Waals surface area (Å²) in [6.45, 7) is 6.89. The number of amides is 4. The largest absolute Gasteiger partial charge is 0.463 e. The van der Waals surface area contributed by atoms with Crippen LogP contribution in [-0.4, -0.2) is 77.9 Å². The molecular formula is C27H46N6O8S2. The van der Waals surface area contributed by atoms with Crippen molar-refractivity contribution in [3.8, 4) is 0 Å². The first kappa shape index (κ1) is 40.0. The van der Waals surface area contributed by atoms with Gasteiger partial charge in [0.1, 0.15) is 6.61 Å². The molecule has 1 aliphatic heterocycles. The van der Waals surface area contributed by atoms with Crippen LogP contribution in [0.2, 0.25) is 0 Å². The van der Waals surface area contributed by atoms with E-state index in [0.29, 0.717) is 37.4 Å². The van der Waals surface area contributed by atoms with E-state index >= 15 is 0 Å². The van der Waals surface area contributed by atoms with Crippen LogP contribution in [0, 0.1) is 0 Å². The molecule has 0 radical (unpaired) electrons. The summed E-state index contributed by atoms with van der Waals surface area (Å²) >= 11 is 0. The van der Waals surface area contributed by atoms with Gasteiger partial charge in [0.05, 0.1) is 18.9 Å². The van der Waals surface area contributed by atoms with Crippen molar-refractivity contribution in [1.29, 1.82) is 0 Å². The monoisotopic (exact) mass is 646 g/mol. The number of hydroxylamine groups is 2. The Balaban J connectivity index is 0.00000265. The van der Waals surface area contributed by atoms with E-state index in [2.05, 4.69) is 34.5 Å². The Morgan fingerprint density at radius 1 is 0.907 bits per heavy atom. The molecule has 1 rings (SSSR count). The first-order valence-corrected chi connectivity index (χ1v) is 17.2. The summed E-state index contributed by atoms with van der Waals surface area (Å²) in [7, 11) is 3.85. The quantitative estimate of drug-likeness (QED) is 0.0324. The second-order valence-corrected chi connectivity index (χ2v) is 12.4. The zero-order chi connectivity index (χ0) is 32.3. The first-order valence-electron chi connectivity index (χ1n) is 14.7. The van der Waals surface area contributed by atoms with Gasteiger partial charge in [-0.2, -0.15) is 0 Å². The van der Waals surface area contributed by atoms with Crippen LogP contribution in [-0.2, 0) is 38.3 Å². The predicted molar refractivity (Wildman–Crippen MR) is 165 cm³/mol. The van der Waals surface area contributed by atoms with Gasteiger partial charge in [0.15, 0.2) is 0 Å². The van der Waals surface area contributed by atoms with E-state index in [9.17, 15) is 28.8 Å². The van der Waals surface area contributed by atoms with Crippen molar-refractivity contribution in [2.24, 2.45) is 5.11 Å². The molecule has 0 saturated carbocycles. The Bertz CT molecular complexity index is 913. The minimum atomic E-state index is -0.970. The average Bonchev–Trinajstić information content (AvgIpc) is 3.30. The van der Waals surface area contributed by atoms with Crippen molar-refractivity contribution in [3.63, 3.8) is 0 Å². The molecule has 0 aromatic heterocycles. The Labute approximate surface area is 261 Å². The SMILES string of the molecule is CCCCCNC(=O)CCC(=O)OC[C@H](CC(=O)ON1C(=O)CCC1=O)NC(=O)CCCCCN=[N+]=[N-].CCSSCC. The zero-order valence-electron chi connectivity index (χ0n) is 25.5. The van der Waals surface area contributed by atoms with E-state index in [0.717, 1.165) is 19.3 Å². The molecule has 4 amide bonds. The molecule has 0 bridgehead atoms. The number of nitrogens with one attached hydrogen (secondary N) is 2. The Hall–Kier alpha value is -2.97. The van der Waals surface area contributed by atoms with Gasteiger partial charge >= 0.3 is 11.9 Å². The molecule has 0 aromatic carbocycles. The number of carbonyl (C=O) groups excluding carboxylic acids is 6. The van der Waals surface area contributed by atoms with Crippen LogP contribution in [0.5, 0.6) is 0 Å². The lowest BCUT2D eigenvalue weighted by molar-refractivity contribution is -0.198. The van der Waals surface area contributed by atoms with Gasteiger partial charge in [0.2, 0.25) is 11.8 Å². The number of rotatable bonds is 22. The van der Waals surface area contributed by atoms with Crippen LogP contribution >= 0.6 is 21.6 Å². The second kappa shape index (κ2) is 26.6. The van der Waals surface area contributed by atoms with E-state index < -0.39 is 42.1 Å². The Morgan fingerprint density at radius 3 is 2.19 bits per heavy atom.